The van der Waals surface area contributed by atoms with Crippen LogP contribution in [0.5, 0.6) is 5.75 Å². The maximum absolute atomic E-state index is 10.7. The molecule has 0 saturated carbocycles. The minimum Gasteiger partial charge on any atom is -0.491 e. The van der Waals surface area contributed by atoms with Crippen LogP contribution < -0.4 is 21.5 Å². The quantitative estimate of drug-likeness (QED) is 0.406. The van der Waals surface area contributed by atoms with E-state index in [1.165, 1.54) is 0 Å². The van der Waals surface area contributed by atoms with Crippen LogP contribution in [0.4, 0.5) is 0 Å². The van der Waals surface area contributed by atoms with E-state index in [2.05, 4.69) is 11.1 Å². The second kappa shape index (κ2) is 12.3. The lowest BCUT2D eigenvalue weighted by Crippen LogP contribution is -2.35. The summed E-state index contributed by atoms with van der Waals surface area (Å²) < 4.78 is 5.45. The molecule has 1 rings (SSSR count). The van der Waals surface area contributed by atoms with Gasteiger partial charge in [-0.3, -0.25) is 9.59 Å². The maximum atomic E-state index is 10.7. The number of rotatable bonds is 9. The zero-order valence-corrected chi connectivity index (χ0v) is 14.1. The third-order valence-electron chi connectivity index (χ3n) is 2.68. The summed E-state index contributed by atoms with van der Waals surface area (Å²) in [6, 6.07) is 7.45. The SMILES string of the molecule is CC(C)NCC(O)COc1ccc(CC(N)=O)cc1.NCC(=O)O. The van der Waals surface area contributed by atoms with Crippen LogP contribution in [0.1, 0.15) is 19.4 Å². The summed E-state index contributed by atoms with van der Waals surface area (Å²) in [7, 11) is 0. The lowest BCUT2D eigenvalue weighted by atomic mass is 10.1. The molecule has 0 radical (unpaired) electrons. The molecule has 1 atom stereocenters. The Hall–Kier alpha value is -2.16. The normalized spacial score (nSPS) is 11.4. The average molecular weight is 341 g/mol. The number of nitrogens with one attached hydrogen (secondary N) is 1. The van der Waals surface area contributed by atoms with Gasteiger partial charge in [0.25, 0.3) is 0 Å². The molecule has 1 aromatic carbocycles. The molecule has 0 aromatic heterocycles. The van der Waals surface area contributed by atoms with E-state index in [1.54, 1.807) is 24.3 Å². The number of benzene rings is 1. The number of aliphatic hydroxyl groups is 1. The van der Waals surface area contributed by atoms with Gasteiger partial charge in [0, 0.05) is 12.6 Å². The molecule has 0 aliphatic heterocycles. The van der Waals surface area contributed by atoms with Gasteiger partial charge in [0.2, 0.25) is 5.91 Å². The fourth-order valence-electron chi connectivity index (χ4n) is 1.53. The van der Waals surface area contributed by atoms with Crippen molar-refractivity contribution in [3.63, 3.8) is 0 Å². The largest absolute Gasteiger partial charge is 0.491 e. The van der Waals surface area contributed by atoms with Crippen LogP contribution >= 0.6 is 0 Å². The number of carbonyl (C=O) groups excluding carboxylic acids is 1. The monoisotopic (exact) mass is 341 g/mol. The fourth-order valence-corrected chi connectivity index (χ4v) is 1.53. The van der Waals surface area contributed by atoms with Gasteiger partial charge in [-0.25, -0.2) is 0 Å². The third kappa shape index (κ3) is 12.4. The number of nitrogens with two attached hydrogens (primary N) is 2. The maximum Gasteiger partial charge on any atom is 0.317 e. The Balaban J connectivity index is 0.000000922. The standard InChI is InChI=1S/C14H22N2O3.C2H5NO2/c1-10(2)16-8-12(17)9-19-13-5-3-11(4-6-13)7-14(15)18;3-1-2(4)5/h3-6,10,12,16-17H,7-9H2,1-2H3,(H2,15,18);1,3H2,(H,4,5). The van der Waals surface area contributed by atoms with Crippen molar-refractivity contribution in [3.8, 4) is 5.75 Å². The van der Waals surface area contributed by atoms with Crippen LogP contribution in [0.25, 0.3) is 0 Å². The number of aliphatic hydroxyl groups excluding tert-OH is 1. The molecule has 1 unspecified atom stereocenters. The molecule has 1 amide bonds. The summed E-state index contributed by atoms with van der Waals surface area (Å²) in [5.74, 6) is -0.661. The van der Waals surface area contributed by atoms with Crippen LogP contribution in [0.3, 0.4) is 0 Å². The van der Waals surface area contributed by atoms with E-state index in [9.17, 15) is 14.7 Å². The van der Waals surface area contributed by atoms with Crippen LogP contribution in [-0.4, -0.2) is 53.9 Å². The van der Waals surface area contributed by atoms with E-state index in [0.29, 0.717) is 18.3 Å². The molecule has 0 spiro atoms. The van der Waals surface area contributed by atoms with Gasteiger partial charge in [0.05, 0.1) is 13.0 Å². The predicted molar refractivity (Wildman–Crippen MR) is 90.7 cm³/mol. The van der Waals surface area contributed by atoms with E-state index in [1.807, 2.05) is 13.8 Å². The molecule has 0 aliphatic carbocycles. The number of carbonyl (C=O) groups is 2. The number of primary amides is 1. The van der Waals surface area contributed by atoms with Crippen molar-refractivity contribution >= 4 is 11.9 Å². The summed E-state index contributed by atoms with van der Waals surface area (Å²) >= 11 is 0. The van der Waals surface area contributed by atoms with Gasteiger partial charge in [-0.15, -0.1) is 0 Å². The van der Waals surface area contributed by atoms with Gasteiger partial charge >= 0.3 is 5.97 Å². The molecule has 8 heteroatoms. The Labute approximate surface area is 141 Å². The van der Waals surface area contributed by atoms with Crippen LogP contribution in [0.15, 0.2) is 24.3 Å². The summed E-state index contributed by atoms with van der Waals surface area (Å²) in [6.07, 6.45) is -0.325. The number of aliphatic carboxylic acids is 1. The number of carboxylic acid groups (broad SMARTS) is 1. The Morgan fingerprint density at radius 3 is 2.21 bits per heavy atom. The zero-order valence-electron chi connectivity index (χ0n) is 14.1. The molecule has 0 bridgehead atoms. The smallest absolute Gasteiger partial charge is 0.317 e. The molecule has 1 aromatic rings. The van der Waals surface area contributed by atoms with Gasteiger partial charge in [0.15, 0.2) is 0 Å². The third-order valence-corrected chi connectivity index (χ3v) is 2.68. The highest BCUT2D eigenvalue weighted by Crippen LogP contribution is 2.12. The van der Waals surface area contributed by atoms with E-state index in [-0.39, 0.29) is 25.5 Å². The summed E-state index contributed by atoms with van der Waals surface area (Å²) in [4.78, 5) is 20.0. The number of hydrogen-bond donors (Lipinski definition) is 5. The van der Waals surface area contributed by atoms with E-state index >= 15 is 0 Å². The lowest BCUT2D eigenvalue weighted by molar-refractivity contribution is -0.135. The molecular formula is C16H27N3O5. The summed E-state index contributed by atoms with van der Waals surface area (Å²) in [5, 5.41) is 20.4. The van der Waals surface area contributed by atoms with Crippen molar-refractivity contribution < 1.29 is 24.5 Å². The highest BCUT2D eigenvalue weighted by Gasteiger charge is 2.06. The van der Waals surface area contributed by atoms with Crippen LogP contribution in [-0.2, 0) is 16.0 Å². The van der Waals surface area contributed by atoms with Crippen molar-refractivity contribution in [2.45, 2.75) is 32.4 Å². The first-order valence-corrected chi connectivity index (χ1v) is 7.58. The molecular weight excluding hydrogens is 314 g/mol. The van der Waals surface area contributed by atoms with Crippen LogP contribution in [0, 0.1) is 0 Å². The lowest BCUT2D eigenvalue weighted by Gasteiger charge is -2.15. The number of hydrogen-bond acceptors (Lipinski definition) is 6. The van der Waals surface area contributed by atoms with Gasteiger partial charge in [-0.05, 0) is 17.7 Å². The Morgan fingerprint density at radius 2 is 1.79 bits per heavy atom. The Kier molecular flexibility index (Phi) is 11.2. The first kappa shape index (κ1) is 21.8. The Morgan fingerprint density at radius 1 is 1.25 bits per heavy atom. The predicted octanol–water partition coefficient (Wildman–Crippen LogP) is -0.518. The molecule has 136 valence electrons. The molecule has 0 fully saturated rings. The average Bonchev–Trinajstić information content (AvgIpc) is 2.52. The fraction of sp³-hybridized carbons (Fsp3) is 0.500. The second-order valence-corrected chi connectivity index (χ2v) is 5.41. The van der Waals surface area contributed by atoms with Gasteiger partial charge in [-0.1, -0.05) is 26.0 Å². The minimum absolute atomic E-state index is 0.223. The van der Waals surface area contributed by atoms with E-state index < -0.39 is 12.1 Å². The molecule has 0 aliphatic rings. The summed E-state index contributed by atoms with van der Waals surface area (Å²) in [6.45, 7) is 4.49. The van der Waals surface area contributed by atoms with Crippen molar-refractivity contribution in [2.24, 2.45) is 11.5 Å². The zero-order chi connectivity index (χ0) is 18.5. The number of carboxylic acids is 1. The van der Waals surface area contributed by atoms with Crippen molar-refractivity contribution in [1.29, 1.82) is 0 Å². The molecule has 7 N–H and O–H groups in total. The first-order chi connectivity index (χ1) is 11.2. The van der Waals surface area contributed by atoms with Crippen LogP contribution in [0.2, 0.25) is 0 Å². The Bertz CT molecular complexity index is 491. The highest BCUT2D eigenvalue weighted by atomic mass is 16.5. The van der Waals surface area contributed by atoms with Gasteiger partial charge < -0.3 is 31.7 Å². The first-order valence-electron chi connectivity index (χ1n) is 7.58. The van der Waals surface area contributed by atoms with Crippen molar-refractivity contribution in [2.75, 3.05) is 19.7 Å². The number of amides is 1. The molecule has 8 nitrogen and oxygen atoms in total. The van der Waals surface area contributed by atoms with Gasteiger partial charge in [-0.2, -0.15) is 0 Å². The van der Waals surface area contributed by atoms with Crippen molar-refractivity contribution in [3.05, 3.63) is 29.8 Å². The topological polar surface area (TPSA) is 148 Å². The van der Waals surface area contributed by atoms with E-state index in [0.717, 1.165) is 5.56 Å². The van der Waals surface area contributed by atoms with E-state index in [4.69, 9.17) is 15.6 Å². The molecule has 24 heavy (non-hydrogen) atoms. The van der Waals surface area contributed by atoms with Crippen molar-refractivity contribution in [1.82, 2.24) is 5.32 Å². The highest BCUT2D eigenvalue weighted by molar-refractivity contribution is 5.76. The summed E-state index contributed by atoms with van der Waals surface area (Å²) in [5.41, 5.74) is 10.5. The second-order valence-electron chi connectivity index (χ2n) is 5.41. The number of ether oxygens (including phenoxy) is 1. The molecule has 0 saturated heterocycles. The van der Waals surface area contributed by atoms with Gasteiger partial charge in [0.1, 0.15) is 18.5 Å². The molecule has 0 heterocycles. The minimum atomic E-state index is -0.968.